The van der Waals surface area contributed by atoms with Gasteiger partial charge in [-0.2, -0.15) is 0 Å². The fourth-order valence-corrected chi connectivity index (χ4v) is 2.02. The van der Waals surface area contributed by atoms with E-state index in [9.17, 15) is 0 Å². The Bertz CT molecular complexity index is 275. The molecule has 0 bridgehead atoms. The van der Waals surface area contributed by atoms with E-state index < -0.39 is 0 Å². The molecule has 3 heteroatoms. The third-order valence-corrected chi connectivity index (χ3v) is 3.43. The minimum absolute atomic E-state index is 0.0272. The van der Waals surface area contributed by atoms with Crippen LogP contribution in [-0.2, 0) is 6.54 Å². The highest BCUT2D eigenvalue weighted by molar-refractivity contribution is 7.11. The van der Waals surface area contributed by atoms with Gasteiger partial charge >= 0.3 is 0 Å². The molecule has 0 radical (unpaired) electrons. The lowest BCUT2D eigenvalue weighted by Crippen LogP contribution is -2.32. The molecule has 0 unspecified atom stereocenters. The Balaban J connectivity index is 2.60. The van der Waals surface area contributed by atoms with Gasteiger partial charge in [-0.25, -0.2) is 4.42 Å². The van der Waals surface area contributed by atoms with Crippen molar-refractivity contribution in [1.82, 2.24) is 4.42 Å². The minimum atomic E-state index is 0.0272. The maximum absolute atomic E-state index is 6.14. The van der Waals surface area contributed by atoms with Gasteiger partial charge in [-0.05, 0) is 51.6 Å². The minimum Gasteiger partial charge on any atom is -0.210 e. The molecule has 1 rings (SSSR count). The summed E-state index contributed by atoms with van der Waals surface area (Å²) in [6, 6.07) is 4.27. The van der Waals surface area contributed by atoms with E-state index >= 15 is 0 Å². The van der Waals surface area contributed by atoms with Crippen LogP contribution in [-0.4, -0.2) is 9.96 Å². The third kappa shape index (κ3) is 3.29. The summed E-state index contributed by atoms with van der Waals surface area (Å²) < 4.78 is 1.85. The summed E-state index contributed by atoms with van der Waals surface area (Å²) in [7, 11) is 0. The maximum atomic E-state index is 6.14. The summed E-state index contributed by atoms with van der Waals surface area (Å²) in [6.07, 6.45) is 0. The van der Waals surface area contributed by atoms with Crippen LogP contribution in [0.2, 0.25) is 0 Å². The van der Waals surface area contributed by atoms with Crippen molar-refractivity contribution in [2.24, 2.45) is 0 Å². The Kier molecular flexibility index (Phi) is 3.38. The largest absolute Gasteiger partial charge is 0.210 e. The van der Waals surface area contributed by atoms with Crippen LogP contribution < -0.4 is 0 Å². The van der Waals surface area contributed by atoms with E-state index in [0.29, 0.717) is 0 Å². The Morgan fingerprint density at radius 1 is 1.38 bits per heavy atom. The first-order chi connectivity index (χ1) is 5.89. The van der Waals surface area contributed by atoms with Crippen molar-refractivity contribution in [3.05, 3.63) is 21.9 Å². The second-order valence-electron chi connectivity index (χ2n) is 4.20. The van der Waals surface area contributed by atoms with Gasteiger partial charge in [-0.15, -0.1) is 11.3 Å². The van der Waals surface area contributed by atoms with Crippen LogP contribution in [0, 0.1) is 6.92 Å². The highest BCUT2D eigenvalue weighted by atomic mass is 35.5. The predicted octanol–water partition coefficient (Wildman–Crippen LogP) is 3.81. The molecule has 0 aliphatic carbocycles. The van der Waals surface area contributed by atoms with E-state index in [1.165, 1.54) is 9.75 Å². The molecule has 0 aliphatic heterocycles. The molecular weight excluding hydrogens is 202 g/mol. The highest BCUT2D eigenvalue weighted by Crippen LogP contribution is 2.23. The number of hydrogen-bond donors (Lipinski definition) is 0. The average molecular weight is 218 g/mol. The van der Waals surface area contributed by atoms with Crippen LogP contribution in [0.15, 0.2) is 12.1 Å². The smallest absolute Gasteiger partial charge is 0.0489 e. The number of thiophene rings is 1. The van der Waals surface area contributed by atoms with E-state index in [0.717, 1.165) is 6.54 Å². The quantitative estimate of drug-likeness (QED) is 0.681. The SMILES string of the molecule is Cc1ccc(CN(Cl)C(C)(C)C)s1. The lowest BCUT2D eigenvalue weighted by atomic mass is 10.1. The van der Waals surface area contributed by atoms with Crippen LogP contribution in [0.1, 0.15) is 30.5 Å². The van der Waals surface area contributed by atoms with Crippen molar-refractivity contribution >= 4 is 23.1 Å². The zero-order valence-corrected chi connectivity index (χ0v) is 10.2. The van der Waals surface area contributed by atoms with Crippen LogP contribution in [0.4, 0.5) is 0 Å². The summed E-state index contributed by atoms with van der Waals surface area (Å²) in [6.45, 7) is 9.27. The van der Waals surface area contributed by atoms with Crippen molar-refractivity contribution in [3.8, 4) is 0 Å². The molecule has 0 fully saturated rings. The van der Waals surface area contributed by atoms with Crippen LogP contribution in [0.5, 0.6) is 0 Å². The Morgan fingerprint density at radius 2 is 2.00 bits per heavy atom. The molecule has 0 aliphatic rings. The van der Waals surface area contributed by atoms with Crippen LogP contribution in [0.25, 0.3) is 0 Å². The first kappa shape index (κ1) is 11.0. The molecule has 1 aromatic heterocycles. The lowest BCUT2D eigenvalue weighted by molar-refractivity contribution is 0.256. The number of hydrogen-bond acceptors (Lipinski definition) is 2. The predicted molar refractivity (Wildman–Crippen MR) is 60.2 cm³/mol. The lowest BCUT2D eigenvalue weighted by Gasteiger charge is -2.28. The molecule has 0 saturated carbocycles. The number of rotatable bonds is 2. The van der Waals surface area contributed by atoms with E-state index in [2.05, 4.69) is 39.8 Å². The van der Waals surface area contributed by atoms with Gasteiger partial charge in [0.15, 0.2) is 0 Å². The molecular formula is C10H16ClNS. The van der Waals surface area contributed by atoms with Gasteiger partial charge in [0.1, 0.15) is 0 Å². The molecule has 1 aromatic rings. The van der Waals surface area contributed by atoms with Crippen molar-refractivity contribution in [1.29, 1.82) is 0 Å². The van der Waals surface area contributed by atoms with Crippen molar-refractivity contribution in [2.45, 2.75) is 39.8 Å². The normalized spacial score (nSPS) is 12.5. The molecule has 0 aromatic carbocycles. The zero-order chi connectivity index (χ0) is 10.1. The molecule has 0 atom stereocenters. The second kappa shape index (κ2) is 3.99. The first-order valence-corrected chi connectivity index (χ1v) is 5.54. The Labute approximate surface area is 89.4 Å². The fraction of sp³-hybridized carbons (Fsp3) is 0.600. The van der Waals surface area contributed by atoms with E-state index in [1.54, 1.807) is 11.3 Å². The topological polar surface area (TPSA) is 3.24 Å². The molecule has 74 valence electrons. The van der Waals surface area contributed by atoms with Gasteiger partial charge in [0.25, 0.3) is 0 Å². The molecule has 13 heavy (non-hydrogen) atoms. The summed E-state index contributed by atoms with van der Waals surface area (Å²) in [5.74, 6) is 0. The van der Waals surface area contributed by atoms with Crippen molar-refractivity contribution in [2.75, 3.05) is 0 Å². The van der Waals surface area contributed by atoms with Gasteiger partial charge in [0.2, 0.25) is 0 Å². The molecule has 0 N–H and O–H groups in total. The Morgan fingerprint density at radius 3 is 2.38 bits per heavy atom. The van der Waals surface area contributed by atoms with Crippen LogP contribution in [0.3, 0.4) is 0 Å². The van der Waals surface area contributed by atoms with Gasteiger partial charge < -0.3 is 0 Å². The van der Waals surface area contributed by atoms with E-state index in [4.69, 9.17) is 11.8 Å². The highest BCUT2D eigenvalue weighted by Gasteiger charge is 2.19. The maximum Gasteiger partial charge on any atom is 0.0489 e. The number of nitrogens with zero attached hydrogens (tertiary/aromatic N) is 1. The first-order valence-electron chi connectivity index (χ1n) is 4.38. The van der Waals surface area contributed by atoms with Gasteiger partial charge in [-0.1, -0.05) is 0 Å². The summed E-state index contributed by atoms with van der Waals surface area (Å²) in [5.41, 5.74) is 0.0272. The van der Waals surface area contributed by atoms with Gasteiger partial charge in [0, 0.05) is 21.8 Å². The van der Waals surface area contributed by atoms with E-state index in [1.807, 2.05) is 4.42 Å². The molecule has 0 spiro atoms. The standard InChI is InChI=1S/C10H16ClNS/c1-8-5-6-9(13-8)7-12(11)10(2,3)4/h5-6H,7H2,1-4H3. The molecule has 1 nitrogen and oxygen atoms in total. The summed E-state index contributed by atoms with van der Waals surface area (Å²) >= 11 is 7.95. The summed E-state index contributed by atoms with van der Waals surface area (Å²) in [4.78, 5) is 2.66. The molecule has 0 amide bonds. The van der Waals surface area contributed by atoms with Gasteiger partial charge in [0.05, 0.1) is 0 Å². The third-order valence-electron chi connectivity index (χ3n) is 1.82. The van der Waals surface area contributed by atoms with Crippen molar-refractivity contribution in [3.63, 3.8) is 0 Å². The molecule has 0 saturated heterocycles. The Hall–Kier alpha value is -0.0500. The second-order valence-corrected chi connectivity index (χ2v) is 5.98. The average Bonchev–Trinajstić information content (AvgIpc) is 2.33. The summed E-state index contributed by atoms with van der Waals surface area (Å²) in [5, 5.41) is 0. The molecule has 1 heterocycles. The van der Waals surface area contributed by atoms with Crippen molar-refractivity contribution < 1.29 is 0 Å². The number of aryl methyl sites for hydroxylation is 1. The van der Waals surface area contributed by atoms with Gasteiger partial charge in [-0.3, -0.25) is 0 Å². The monoisotopic (exact) mass is 217 g/mol. The zero-order valence-electron chi connectivity index (χ0n) is 8.60. The fourth-order valence-electron chi connectivity index (χ4n) is 0.944. The van der Waals surface area contributed by atoms with E-state index in [-0.39, 0.29) is 5.54 Å². The number of halogens is 1. The van der Waals surface area contributed by atoms with Crippen LogP contribution >= 0.6 is 23.1 Å².